The fourth-order valence-electron chi connectivity index (χ4n) is 2.57. The summed E-state index contributed by atoms with van der Waals surface area (Å²) in [5, 5.41) is 12.5. The first-order valence-corrected chi connectivity index (χ1v) is 10.5. The molecule has 0 aliphatic heterocycles. The number of thioether (sulfide) groups is 1. The average molecular weight is 393 g/mol. The summed E-state index contributed by atoms with van der Waals surface area (Å²) in [6.07, 6.45) is 2.31. The number of nitrogens with zero attached hydrogens (tertiary/aromatic N) is 4. The summed E-state index contributed by atoms with van der Waals surface area (Å²) in [5.41, 5.74) is 0.788. The molecule has 2 aromatic heterocycles. The summed E-state index contributed by atoms with van der Waals surface area (Å²) in [7, 11) is 0. The van der Waals surface area contributed by atoms with E-state index < -0.39 is 0 Å². The van der Waals surface area contributed by atoms with Crippen LogP contribution in [0.15, 0.2) is 11.4 Å². The summed E-state index contributed by atoms with van der Waals surface area (Å²) >= 11 is 1.61. The molecule has 0 spiro atoms. The van der Waals surface area contributed by atoms with Gasteiger partial charge in [0.2, 0.25) is 5.91 Å². The topological polar surface area (TPSA) is 84.7 Å². The Morgan fingerprint density at radius 3 is 2.67 bits per heavy atom. The van der Waals surface area contributed by atoms with Crippen molar-refractivity contribution in [1.29, 1.82) is 0 Å². The van der Waals surface area contributed by atoms with E-state index in [0.29, 0.717) is 25.4 Å². The summed E-state index contributed by atoms with van der Waals surface area (Å²) in [4.78, 5) is 21.3. The molecule has 0 aliphatic carbocycles. The van der Waals surface area contributed by atoms with Crippen LogP contribution in [0.3, 0.4) is 0 Å². The van der Waals surface area contributed by atoms with Crippen LogP contribution in [0.5, 0.6) is 0 Å². The first-order chi connectivity index (χ1) is 12.7. The molecule has 150 valence electrons. The maximum Gasteiger partial charge on any atom is 0.220 e. The van der Waals surface area contributed by atoms with Gasteiger partial charge in [-0.2, -0.15) is 5.10 Å². The second kappa shape index (κ2) is 9.39. The zero-order valence-electron chi connectivity index (χ0n) is 17.3. The maximum absolute atomic E-state index is 12.0. The number of hydrogen-bond donors (Lipinski definition) is 2. The molecule has 2 N–H and O–H groups in total. The van der Waals surface area contributed by atoms with Gasteiger partial charge in [-0.1, -0.05) is 53.3 Å². The molecule has 0 fully saturated rings. The summed E-state index contributed by atoms with van der Waals surface area (Å²) in [5.74, 6) is 2.32. The second-order valence-corrected chi connectivity index (χ2v) is 9.49. The molecule has 27 heavy (non-hydrogen) atoms. The third kappa shape index (κ3) is 6.68. The van der Waals surface area contributed by atoms with Crippen LogP contribution in [0.25, 0.3) is 11.0 Å². The second-order valence-electron chi connectivity index (χ2n) is 8.25. The molecule has 0 bridgehead atoms. The van der Waals surface area contributed by atoms with Crippen LogP contribution < -0.4 is 10.6 Å². The molecule has 2 rings (SSSR count). The van der Waals surface area contributed by atoms with Crippen molar-refractivity contribution in [2.45, 2.75) is 59.7 Å². The van der Waals surface area contributed by atoms with Gasteiger partial charge in [0, 0.05) is 19.5 Å². The van der Waals surface area contributed by atoms with E-state index in [2.05, 4.69) is 67.2 Å². The van der Waals surface area contributed by atoms with E-state index in [1.165, 1.54) is 0 Å². The Balaban J connectivity index is 2.14. The van der Waals surface area contributed by atoms with Crippen molar-refractivity contribution in [3.8, 4) is 0 Å². The molecule has 0 unspecified atom stereocenters. The SMILES string of the molecule is CCSc1nc(NCC(C)C)c2cnn(CCNC(=O)CC(C)(C)C)c2n1. The minimum atomic E-state index is -0.0149. The Morgan fingerprint density at radius 1 is 1.30 bits per heavy atom. The standard InChI is InChI=1S/C19H32N6OS/c1-7-27-18-23-16(21-11-13(2)3)14-12-22-25(17(14)24-18)9-8-20-15(26)10-19(4,5)6/h12-13H,7-11H2,1-6H3,(H,20,26)(H,21,23,24). The number of rotatable bonds is 9. The van der Waals surface area contributed by atoms with Gasteiger partial charge in [-0.25, -0.2) is 14.6 Å². The van der Waals surface area contributed by atoms with Crippen LogP contribution in [-0.4, -0.2) is 44.5 Å². The molecule has 7 nitrogen and oxygen atoms in total. The fraction of sp³-hybridized carbons (Fsp3) is 0.684. The lowest BCUT2D eigenvalue weighted by Gasteiger charge is -2.17. The van der Waals surface area contributed by atoms with E-state index in [4.69, 9.17) is 0 Å². The van der Waals surface area contributed by atoms with Crippen LogP contribution >= 0.6 is 11.8 Å². The number of fused-ring (bicyclic) bond motifs is 1. The molecule has 0 saturated heterocycles. The van der Waals surface area contributed by atoms with Gasteiger partial charge in [0.1, 0.15) is 5.82 Å². The predicted molar refractivity (Wildman–Crippen MR) is 112 cm³/mol. The van der Waals surface area contributed by atoms with Crippen LogP contribution in [0.2, 0.25) is 0 Å². The van der Waals surface area contributed by atoms with Crippen LogP contribution in [0.4, 0.5) is 5.82 Å². The Bertz CT molecular complexity index is 765. The van der Waals surface area contributed by atoms with Crippen LogP contribution in [0, 0.1) is 11.3 Å². The highest BCUT2D eigenvalue weighted by molar-refractivity contribution is 7.99. The van der Waals surface area contributed by atoms with Crippen molar-refractivity contribution in [3.63, 3.8) is 0 Å². The van der Waals surface area contributed by atoms with Crippen molar-refractivity contribution in [2.24, 2.45) is 11.3 Å². The van der Waals surface area contributed by atoms with E-state index in [-0.39, 0.29) is 11.3 Å². The average Bonchev–Trinajstić information content (AvgIpc) is 2.94. The highest BCUT2D eigenvalue weighted by atomic mass is 32.2. The van der Waals surface area contributed by atoms with Gasteiger partial charge in [-0.3, -0.25) is 4.79 Å². The monoisotopic (exact) mass is 392 g/mol. The number of amides is 1. The lowest BCUT2D eigenvalue weighted by Crippen LogP contribution is -2.30. The minimum Gasteiger partial charge on any atom is -0.369 e. The van der Waals surface area contributed by atoms with Gasteiger partial charge < -0.3 is 10.6 Å². The molecule has 0 saturated carbocycles. The van der Waals surface area contributed by atoms with Gasteiger partial charge in [0.25, 0.3) is 0 Å². The highest BCUT2D eigenvalue weighted by Gasteiger charge is 2.16. The molecule has 2 aromatic rings. The molecule has 8 heteroatoms. The van der Waals surface area contributed by atoms with Gasteiger partial charge in [-0.05, 0) is 17.1 Å². The van der Waals surface area contributed by atoms with E-state index in [1.54, 1.807) is 18.0 Å². The lowest BCUT2D eigenvalue weighted by molar-refractivity contribution is -0.122. The first kappa shape index (κ1) is 21.5. The molecular weight excluding hydrogens is 360 g/mol. The van der Waals surface area contributed by atoms with E-state index >= 15 is 0 Å². The third-order valence-electron chi connectivity index (χ3n) is 3.76. The van der Waals surface area contributed by atoms with Gasteiger partial charge in [0.15, 0.2) is 10.8 Å². The maximum atomic E-state index is 12.0. The summed E-state index contributed by atoms with van der Waals surface area (Å²) in [6, 6.07) is 0. The normalized spacial score (nSPS) is 12.0. The largest absolute Gasteiger partial charge is 0.369 e. The molecular formula is C19H32N6OS. The number of nitrogens with one attached hydrogen (secondary N) is 2. The zero-order valence-corrected chi connectivity index (χ0v) is 18.1. The molecule has 0 atom stereocenters. The minimum absolute atomic E-state index is 0.0149. The predicted octanol–water partition coefficient (Wildman–Crippen LogP) is 3.56. The zero-order chi connectivity index (χ0) is 20.0. The Morgan fingerprint density at radius 2 is 2.04 bits per heavy atom. The quantitative estimate of drug-likeness (QED) is 0.501. The fourth-order valence-corrected chi connectivity index (χ4v) is 3.14. The molecule has 0 aliphatic rings. The van der Waals surface area contributed by atoms with E-state index in [1.807, 2.05) is 4.68 Å². The smallest absolute Gasteiger partial charge is 0.220 e. The van der Waals surface area contributed by atoms with E-state index in [0.717, 1.165) is 34.3 Å². The van der Waals surface area contributed by atoms with Gasteiger partial charge >= 0.3 is 0 Å². The lowest BCUT2D eigenvalue weighted by atomic mass is 9.92. The van der Waals surface area contributed by atoms with Crippen molar-refractivity contribution >= 4 is 34.5 Å². The number of carbonyl (C=O) groups is 1. The van der Waals surface area contributed by atoms with E-state index in [9.17, 15) is 4.79 Å². The van der Waals surface area contributed by atoms with Crippen LogP contribution in [0.1, 0.15) is 48.0 Å². The number of aromatic nitrogens is 4. The Kier molecular flexibility index (Phi) is 7.47. The molecule has 0 aromatic carbocycles. The summed E-state index contributed by atoms with van der Waals surface area (Å²) < 4.78 is 1.84. The number of hydrogen-bond acceptors (Lipinski definition) is 6. The summed E-state index contributed by atoms with van der Waals surface area (Å²) in [6.45, 7) is 14.5. The van der Waals surface area contributed by atoms with Gasteiger partial charge in [-0.15, -0.1) is 0 Å². The third-order valence-corrected chi connectivity index (χ3v) is 4.49. The Labute approximate surface area is 166 Å². The van der Waals surface area contributed by atoms with Crippen molar-refractivity contribution in [3.05, 3.63) is 6.20 Å². The van der Waals surface area contributed by atoms with Crippen molar-refractivity contribution in [1.82, 2.24) is 25.1 Å². The van der Waals surface area contributed by atoms with Crippen LogP contribution in [-0.2, 0) is 11.3 Å². The number of carbonyl (C=O) groups excluding carboxylic acids is 1. The molecule has 2 heterocycles. The Hall–Kier alpha value is -1.83. The first-order valence-electron chi connectivity index (χ1n) is 9.56. The van der Waals surface area contributed by atoms with Crippen molar-refractivity contribution in [2.75, 3.05) is 24.2 Å². The van der Waals surface area contributed by atoms with Crippen molar-refractivity contribution < 1.29 is 4.79 Å². The molecule has 1 amide bonds. The number of anilines is 1. The van der Waals surface area contributed by atoms with Gasteiger partial charge in [0.05, 0.1) is 18.1 Å². The molecule has 0 radical (unpaired) electrons. The highest BCUT2D eigenvalue weighted by Crippen LogP contribution is 2.24.